The first-order valence-corrected chi connectivity index (χ1v) is 6.44. The van der Waals surface area contributed by atoms with Crippen LogP contribution in [0.1, 0.15) is 20.3 Å². The Bertz CT molecular complexity index is 302. The molecule has 1 heterocycles. The van der Waals surface area contributed by atoms with Crippen molar-refractivity contribution in [2.45, 2.75) is 32.4 Å². The standard InChI is InChI=1S/C12H22N2O5/c1-8(2)10(5-11(15)16)14-12(17)13-6-9-7-18-3-4-19-9/h8-10H,3-7H2,1-2H3,(H,15,16)(H2,13,14,17). The lowest BCUT2D eigenvalue weighted by Crippen LogP contribution is -2.48. The predicted molar refractivity (Wildman–Crippen MR) is 68.0 cm³/mol. The summed E-state index contributed by atoms with van der Waals surface area (Å²) in [4.78, 5) is 22.4. The van der Waals surface area contributed by atoms with E-state index in [2.05, 4.69) is 10.6 Å². The van der Waals surface area contributed by atoms with Gasteiger partial charge in [0.1, 0.15) is 0 Å². The average Bonchev–Trinajstić information content (AvgIpc) is 2.36. The van der Waals surface area contributed by atoms with E-state index in [-0.39, 0.29) is 30.5 Å². The van der Waals surface area contributed by atoms with Crippen LogP contribution in [-0.4, -0.2) is 55.6 Å². The molecule has 1 aliphatic rings. The topological polar surface area (TPSA) is 96.9 Å². The molecule has 1 aliphatic heterocycles. The van der Waals surface area contributed by atoms with Crippen LogP contribution in [0.5, 0.6) is 0 Å². The van der Waals surface area contributed by atoms with Crippen LogP contribution in [0.15, 0.2) is 0 Å². The molecule has 2 unspecified atom stereocenters. The molecule has 0 saturated carbocycles. The number of aliphatic carboxylic acids is 1. The Labute approximate surface area is 112 Å². The zero-order chi connectivity index (χ0) is 14.3. The molecule has 0 aromatic heterocycles. The molecule has 2 amide bonds. The van der Waals surface area contributed by atoms with Gasteiger partial charge < -0.3 is 25.2 Å². The summed E-state index contributed by atoms with van der Waals surface area (Å²) in [5, 5.41) is 14.1. The Hall–Kier alpha value is -1.34. The highest BCUT2D eigenvalue weighted by atomic mass is 16.6. The van der Waals surface area contributed by atoms with E-state index in [4.69, 9.17) is 14.6 Å². The molecule has 1 rings (SSSR count). The maximum absolute atomic E-state index is 11.7. The van der Waals surface area contributed by atoms with E-state index in [0.717, 1.165) is 0 Å². The summed E-state index contributed by atoms with van der Waals surface area (Å²) in [6, 6.07) is -0.768. The normalized spacial score (nSPS) is 20.9. The second-order valence-corrected chi connectivity index (χ2v) is 4.87. The van der Waals surface area contributed by atoms with Crippen molar-refractivity contribution < 1.29 is 24.2 Å². The molecule has 0 radical (unpaired) electrons. The predicted octanol–water partition coefficient (Wildman–Crippen LogP) is 0.200. The number of carbonyl (C=O) groups is 2. The highest BCUT2D eigenvalue weighted by Gasteiger charge is 2.20. The van der Waals surface area contributed by atoms with Gasteiger partial charge in [0.05, 0.1) is 32.3 Å². The molecule has 0 spiro atoms. The van der Waals surface area contributed by atoms with Gasteiger partial charge in [-0.05, 0) is 5.92 Å². The molecule has 1 fully saturated rings. The molecular formula is C12H22N2O5. The summed E-state index contributed by atoms with van der Waals surface area (Å²) in [7, 11) is 0. The zero-order valence-electron chi connectivity index (χ0n) is 11.3. The fourth-order valence-corrected chi connectivity index (χ4v) is 1.72. The summed E-state index contributed by atoms with van der Waals surface area (Å²) in [6.07, 6.45) is -0.231. The summed E-state index contributed by atoms with van der Waals surface area (Å²) < 4.78 is 10.6. The van der Waals surface area contributed by atoms with E-state index in [0.29, 0.717) is 26.4 Å². The van der Waals surface area contributed by atoms with E-state index in [9.17, 15) is 9.59 Å². The summed E-state index contributed by atoms with van der Waals surface area (Å²) in [5.74, 6) is -0.876. The van der Waals surface area contributed by atoms with Crippen LogP contribution in [-0.2, 0) is 14.3 Å². The lowest BCUT2D eigenvalue weighted by molar-refractivity contribution is -0.137. The lowest BCUT2D eigenvalue weighted by Gasteiger charge is -2.24. The minimum absolute atomic E-state index is 0.0520. The number of carboxylic acid groups (broad SMARTS) is 1. The first-order valence-electron chi connectivity index (χ1n) is 6.44. The van der Waals surface area contributed by atoms with E-state index in [1.165, 1.54) is 0 Å². The van der Waals surface area contributed by atoms with Crippen LogP contribution in [0, 0.1) is 5.92 Å². The van der Waals surface area contributed by atoms with Crippen LogP contribution in [0.2, 0.25) is 0 Å². The number of rotatable bonds is 6. The van der Waals surface area contributed by atoms with E-state index in [1.807, 2.05) is 13.8 Å². The Morgan fingerprint density at radius 1 is 1.37 bits per heavy atom. The van der Waals surface area contributed by atoms with Gasteiger partial charge in [0, 0.05) is 12.6 Å². The van der Waals surface area contributed by atoms with Crippen molar-refractivity contribution in [3.8, 4) is 0 Å². The number of nitrogens with one attached hydrogen (secondary N) is 2. The molecule has 3 N–H and O–H groups in total. The maximum atomic E-state index is 11.7. The van der Waals surface area contributed by atoms with Crippen molar-refractivity contribution in [3.63, 3.8) is 0 Å². The SMILES string of the molecule is CC(C)C(CC(=O)O)NC(=O)NCC1COCCO1. The first-order chi connectivity index (χ1) is 8.99. The number of hydrogen-bond donors (Lipinski definition) is 3. The Morgan fingerprint density at radius 3 is 2.63 bits per heavy atom. The molecule has 0 bridgehead atoms. The third kappa shape index (κ3) is 6.40. The zero-order valence-corrected chi connectivity index (χ0v) is 11.3. The molecule has 19 heavy (non-hydrogen) atoms. The fraction of sp³-hybridized carbons (Fsp3) is 0.833. The first kappa shape index (κ1) is 15.7. The van der Waals surface area contributed by atoms with Crippen molar-refractivity contribution in [3.05, 3.63) is 0 Å². The molecule has 7 nitrogen and oxygen atoms in total. The Morgan fingerprint density at radius 2 is 2.11 bits per heavy atom. The van der Waals surface area contributed by atoms with Crippen LogP contribution in [0.3, 0.4) is 0 Å². The molecule has 0 aliphatic carbocycles. The number of urea groups is 1. The monoisotopic (exact) mass is 274 g/mol. The molecule has 110 valence electrons. The maximum Gasteiger partial charge on any atom is 0.315 e. The van der Waals surface area contributed by atoms with Gasteiger partial charge in [-0.3, -0.25) is 4.79 Å². The van der Waals surface area contributed by atoms with Crippen molar-refractivity contribution in [2.24, 2.45) is 5.92 Å². The minimum atomic E-state index is -0.928. The number of ether oxygens (including phenoxy) is 2. The Kier molecular flexibility index (Phi) is 6.58. The number of carbonyl (C=O) groups excluding carboxylic acids is 1. The van der Waals surface area contributed by atoms with Crippen molar-refractivity contribution in [2.75, 3.05) is 26.4 Å². The molecule has 0 aromatic carbocycles. The smallest absolute Gasteiger partial charge is 0.315 e. The van der Waals surface area contributed by atoms with Crippen molar-refractivity contribution >= 4 is 12.0 Å². The van der Waals surface area contributed by atoms with Crippen LogP contribution >= 0.6 is 0 Å². The summed E-state index contributed by atoms with van der Waals surface area (Å²) in [6.45, 7) is 5.66. The Balaban J connectivity index is 2.29. The largest absolute Gasteiger partial charge is 0.481 e. The van der Waals surface area contributed by atoms with Crippen molar-refractivity contribution in [1.29, 1.82) is 0 Å². The van der Waals surface area contributed by atoms with Crippen LogP contribution in [0.4, 0.5) is 4.79 Å². The van der Waals surface area contributed by atoms with Gasteiger partial charge in [0.2, 0.25) is 0 Å². The minimum Gasteiger partial charge on any atom is -0.481 e. The van der Waals surface area contributed by atoms with Gasteiger partial charge in [-0.15, -0.1) is 0 Å². The highest BCUT2D eigenvalue weighted by molar-refractivity contribution is 5.75. The summed E-state index contributed by atoms with van der Waals surface area (Å²) in [5.41, 5.74) is 0. The molecule has 7 heteroatoms. The fourth-order valence-electron chi connectivity index (χ4n) is 1.72. The van der Waals surface area contributed by atoms with Gasteiger partial charge in [0.15, 0.2) is 0 Å². The van der Waals surface area contributed by atoms with E-state index in [1.54, 1.807) is 0 Å². The third-order valence-electron chi connectivity index (χ3n) is 2.89. The quantitative estimate of drug-likeness (QED) is 0.643. The average molecular weight is 274 g/mol. The summed E-state index contributed by atoms with van der Waals surface area (Å²) >= 11 is 0. The second kappa shape index (κ2) is 7.96. The van der Waals surface area contributed by atoms with Crippen LogP contribution < -0.4 is 10.6 Å². The number of carboxylic acids is 1. The number of amides is 2. The second-order valence-electron chi connectivity index (χ2n) is 4.87. The van der Waals surface area contributed by atoms with Gasteiger partial charge in [0.25, 0.3) is 0 Å². The molecular weight excluding hydrogens is 252 g/mol. The van der Waals surface area contributed by atoms with Gasteiger partial charge in [-0.1, -0.05) is 13.8 Å². The highest BCUT2D eigenvalue weighted by Crippen LogP contribution is 2.06. The molecule has 2 atom stereocenters. The van der Waals surface area contributed by atoms with Gasteiger partial charge >= 0.3 is 12.0 Å². The molecule has 0 aromatic rings. The van der Waals surface area contributed by atoms with Crippen LogP contribution in [0.25, 0.3) is 0 Å². The third-order valence-corrected chi connectivity index (χ3v) is 2.89. The van der Waals surface area contributed by atoms with E-state index >= 15 is 0 Å². The lowest BCUT2D eigenvalue weighted by atomic mass is 10.0. The van der Waals surface area contributed by atoms with Gasteiger partial charge in [-0.2, -0.15) is 0 Å². The van der Waals surface area contributed by atoms with E-state index < -0.39 is 5.97 Å². The van der Waals surface area contributed by atoms with Gasteiger partial charge in [-0.25, -0.2) is 4.79 Å². The van der Waals surface area contributed by atoms with Crippen molar-refractivity contribution in [1.82, 2.24) is 10.6 Å². The molecule has 1 saturated heterocycles. The number of hydrogen-bond acceptors (Lipinski definition) is 4.